The van der Waals surface area contributed by atoms with E-state index in [0.717, 1.165) is 20.3 Å². The monoisotopic (exact) mass is 294 g/mol. The first-order chi connectivity index (χ1) is 5.15. The Bertz CT molecular complexity index is 271. The van der Waals surface area contributed by atoms with Crippen molar-refractivity contribution in [1.29, 1.82) is 0 Å². The van der Waals surface area contributed by atoms with Crippen LogP contribution < -0.4 is 0 Å². The Morgan fingerprint density at radius 1 is 1.36 bits per heavy atom. The van der Waals surface area contributed by atoms with Crippen molar-refractivity contribution in [2.75, 3.05) is 0 Å². The van der Waals surface area contributed by atoms with Crippen molar-refractivity contribution in [2.45, 2.75) is 18.2 Å². The van der Waals surface area contributed by atoms with Gasteiger partial charge in [0.05, 0.1) is 0 Å². The van der Waals surface area contributed by atoms with E-state index in [9.17, 15) is 0 Å². The van der Waals surface area contributed by atoms with Crippen LogP contribution in [0.4, 0.5) is 0 Å². The third-order valence-electron chi connectivity index (χ3n) is 1.49. The van der Waals surface area contributed by atoms with Crippen molar-refractivity contribution in [3.05, 3.63) is 26.6 Å². The Kier molecular flexibility index (Phi) is 3.47. The van der Waals surface area contributed by atoms with E-state index in [1.165, 1.54) is 5.56 Å². The summed E-state index contributed by atoms with van der Waals surface area (Å²) in [6.45, 7) is 2.12. The molecular weight excluding hydrogens is 288 g/mol. The highest BCUT2D eigenvalue weighted by molar-refractivity contribution is 9.11. The number of halogens is 2. The first-order valence-corrected chi connectivity index (χ1v) is 5.35. The van der Waals surface area contributed by atoms with Crippen LogP contribution in [0.2, 0.25) is 0 Å². The standard InChI is InChI=1S/C8H8Br2S/c1-2-5-3-6(9)4-7(10)8(5)11/h3-4,11H,2H2,1H3. The maximum atomic E-state index is 4.37. The number of rotatable bonds is 1. The van der Waals surface area contributed by atoms with Crippen LogP contribution in [0.25, 0.3) is 0 Å². The van der Waals surface area contributed by atoms with Crippen molar-refractivity contribution in [1.82, 2.24) is 0 Å². The number of benzene rings is 1. The number of thiol groups is 1. The lowest BCUT2D eigenvalue weighted by atomic mass is 10.2. The predicted octanol–water partition coefficient (Wildman–Crippen LogP) is 4.06. The lowest BCUT2D eigenvalue weighted by Crippen LogP contribution is -1.84. The van der Waals surface area contributed by atoms with E-state index in [-0.39, 0.29) is 0 Å². The lowest BCUT2D eigenvalue weighted by Gasteiger charge is -2.04. The highest BCUT2D eigenvalue weighted by Crippen LogP contribution is 2.28. The predicted molar refractivity (Wildman–Crippen MR) is 58.5 cm³/mol. The quantitative estimate of drug-likeness (QED) is 0.742. The SMILES string of the molecule is CCc1cc(Br)cc(Br)c1S. The molecule has 0 aliphatic rings. The van der Waals surface area contributed by atoms with E-state index in [0.29, 0.717) is 0 Å². The number of hydrogen-bond donors (Lipinski definition) is 1. The number of aryl methyl sites for hydroxylation is 1. The minimum Gasteiger partial charge on any atom is -0.142 e. The highest BCUT2D eigenvalue weighted by atomic mass is 79.9. The third-order valence-corrected chi connectivity index (χ3v) is 3.41. The summed E-state index contributed by atoms with van der Waals surface area (Å²) in [5, 5.41) is 0. The van der Waals surface area contributed by atoms with Crippen LogP contribution in [0.15, 0.2) is 26.0 Å². The molecule has 1 aromatic rings. The van der Waals surface area contributed by atoms with Gasteiger partial charge in [0.2, 0.25) is 0 Å². The van der Waals surface area contributed by atoms with Gasteiger partial charge in [-0.2, -0.15) is 0 Å². The maximum absolute atomic E-state index is 4.37. The molecule has 0 aliphatic carbocycles. The molecule has 1 aromatic carbocycles. The van der Waals surface area contributed by atoms with Gasteiger partial charge in [-0.3, -0.25) is 0 Å². The Hall–Kier alpha value is 0.530. The smallest absolute Gasteiger partial charge is 0.0322 e. The summed E-state index contributed by atoms with van der Waals surface area (Å²) in [5.41, 5.74) is 1.26. The Labute approximate surface area is 89.1 Å². The van der Waals surface area contributed by atoms with E-state index in [1.807, 2.05) is 6.07 Å². The highest BCUT2D eigenvalue weighted by Gasteiger charge is 2.02. The molecule has 0 fully saturated rings. The van der Waals surface area contributed by atoms with Gasteiger partial charge in [0.15, 0.2) is 0 Å². The van der Waals surface area contributed by atoms with E-state index in [2.05, 4.69) is 57.5 Å². The zero-order chi connectivity index (χ0) is 8.43. The molecule has 0 saturated heterocycles. The van der Waals surface area contributed by atoms with Crippen molar-refractivity contribution in [3.8, 4) is 0 Å². The van der Waals surface area contributed by atoms with E-state index < -0.39 is 0 Å². The Morgan fingerprint density at radius 3 is 2.55 bits per heavy atom. The van der Waals surface area contributed by atoms with Crippen molar-refractivity contribution in [2.24, 2.45) is 0 Å². The molecule has 1 rings (SSSR count). The summed E-state index contributed by atoms with van der Waals surface area (Å²) in [6.07, 6.45) is 1.01. The normalized spacial score (nSPS) is 10.2. The minimum absolute atomic E-state index is 1.01. The van der Waals surface area contributed by atoms with Crippen LogP contribution >= 0.6 is 44.5 Å². The molecule has 0 bridgehead atoms. The fraction of sp³-hybridized carbons (Fsp3) is 0.250. The zero-order valence-electron chi connectivity index (χ0n) is 6.06. The first-order valence-electron chi connectivity index (χ1n) is 3.32. The summed E-state index contributed by atoms with van der Waals surface area (Å²) in [4.78, 5) is 1.04. The van der Waals surface area contributed by atoms with E-state index in [4.69, 9.17) is 0 Å². The third kappa shape index (κ3) is 2.23. The molecule has 0 radical (unpaired) electrons. The zero-order valence-corrected chi connectivity index (χ0v) is 10.1. The van der Waals surface area contributed by atoms with Gasteiger partial charge in [-0.1, -0.05) is 22.9 Å². The van der Waals surface area contributed by atoms with Gasteiger partial charge < -0.3 is 0 Å². The summed E-state index contributed by atoms with van der Waals surface area (Å²) >= 11 is 11.2. The summed E-state index contributed by atoms with van der Waals surface area (Å²) in [7, 11) is 0. The molecule has 0 unspecified atom stereocenters. The second kappa shape index (κ2) is 3.97. The van der Waals surface area contributed by atoms with Crippen LogP contribution in [-0.2, 0) is 6.42 Å². The van der Waals surface area contributed by atoms with Gasteiger partial charge in [0.1, 0.15) is 0 Å². The molecule has 0 amide bonds. The van der Waals surface area contributed by atoms with Crippen LogP contribution in [0, 0.1) is 0 Å². The molecule has 60 valence electrons. The molecule has 3 heteroatoms. The van der Waals surface area contributed by atoms with E-state index >= 15 is 0 Å². The molecule has 0 heterocycles. The second-order valence-corrected chi connectivity index (χ2v) is 4.47. The van der Waals surface area contributed by atoms with Gasteiger partial charge >= 0.3 is 0 Å². The van der Waals surface area contributed by atoms with Crippen molar-refractivity contribution >= 4 is 44.5 Å². The minimum atomic E-state index is 1.01. The molecule has 0 spiro atoms. The Morgan fingerprint density at radius 2 is 2.00 bits per heavy atom. The molecule has 11 heavy (non-hydrogen) atoms. The lowest BCUT2D eigenvalue weighted by molar-refractivity contribution is 1.07. The van der Waals surface area contributed by atoms with Crippen LogP contribution in [0.1, 0.15) is 12.5 Å². The van der Waals surface area contributed by atoms with Gasteiger partial charge in [0.25, 0.3) is 0 Å². The molecule has 0 nitrogen and oxygen atoms in total. The van der Waals surface area contributed by atoms with Crippen molar-refractivity contribution in [3.63, 3.8) is 0 Å². The maximum Gasteiger partial charge on any atom is 0.0322 e. The average Bonchev–Trinajstić information content (AvgIpc) is 1.96. The van der Waals surface area contributed by atoms with Crippen LogP contribution in [0.3, 0.4) is 0 Å². The topological polar surface area (TPSA) is 0 Å². The van der Waals surface area contributed by atoms with Gasteiger partial charge in [-0.25, -0.2) is 0 Å². The number of hydrogen-bond acceptors (Lipinski definition) is 1. The fourth-order valence-electron chi connectivity index (χ4n) is 0.889. The molecule has 0 aliphatic heterocycles. The molecule has 0 aromatic heterocycles. The van der Waals surface area contributed by atoms with E-state index in [1.54, 1.807) is 0 Å². The van der Waals surface area contributed by atoms with Gasteiger partial charge in [-0.05, 0) is 40.0 Å². The fourth-order valence-corrected chi connectivity index (χ4v) is 2.49. The summed E-state index contributed by atoms with van der Waals surface area (Å²) < 4.78 is 2.14. The van der Waals surface area contributed by atoms with Crippen LogP contribution in [-0.4, -0.2) is 0 Å². The molecular formula is C8H8Br2S. The van der Waals surface area contributed by atoms with Crippen molar-refractivity contribution < 1.29 is 0 Å². The molecule has 0 N–H and O–H groups in total. The largest absolute Gasteiger partial charge is 0.142 e. The first kappa shape index (κ1) is 9.62. The average molecular weight is 296 g/mol. The van der Waals surface area contributed by atoms with Gasteiger partial charge in [-0.15, -0.1) is 12.6 Å². The second-order valence-electron chi connectivity index (χ2n) is 2.25. The van der Waals surface area contributed by atoms with Crippen LogP contribution in [0.5, 0.6) is 0 Å². The molecule has 0 atom stereocenters. The Balaban J connectivity index is 3.24. The summed E-state index contributed by atoms with van der Waals surface area (Å²) in [5.74, 6) is 0. The van der Waals surface area contributed by atoms with Gasteiger partial charge in [0, 0.05) is 13.8 Å². The summed E-state index contributed by atoms with van der Waals surface area (Å²) in [6, 6.07) is 4.09. The molecule has 0 saturated carbocycles.